The molecule has 0 atom stereocenters. The normalized spacial score (nSPS) is 10.2. The summed E-state index contributed by atoms with van der Waals surface area (Å²) in [5.41, 5.74) is 2.70. The van der Waals surface area contributed by atoms with E-state index >= 15 is 0 Å². The summed E-state index contributed by atoms with van der Waals surface area (Å²) in [6.07, 6.45) is 1.39. The van der Waals surface area contributed by atoms with Crippen LogP contribution in [0.2, 0.25) is 0 Å². The zero-order valence-electron chi connectivity index (χ0n) is 15.5. The van der Waals surface area contributed by atoms with E-state index in [4.69, 9.17) is 0 Å². The number of carbonyl (C=O) groups is 1. The molecule has 0 fully saturated rings. The number of anilines is 1. The van der Waals surface area contributed by atoms with Crippen LogP contribution in [0, 0.1) is 11.8 Å². The highest BCUT2D eigenvalue weighted by Crippen LogP contribution is 2.11. The lowest BCUT2D eigenvalue weighted by Gasteiger charge is -2.08. The van der Waals surface area contributed by atoms with Crippen molar-refractivity contribution >= 4 is 22.5 Å². The van der Waals surface area contributed by atoms with Gasteiger partial charge in [0, 0.05) is 16.8 Å². The van der Waals surface area contributed by atoms with Gasteiger partial charge >= 0.3 is 0 Å². The Morgan fingerprint density at radius 3 is 2.48 bits per heavy atom. The van der Waals surface area contributed by atoms with Crippen LogP contribution in [0.15, 0.2) is 90.0 Å². The van der Waals surface area contributed by atoms with Gasteiger partial charge in [-0.05, 0) is 42.5 Å². The first-order valence-corrected chi connectivity index (χ1v) is 9.10. The number of hydrogen-bond acceptors (Lipinski definition) is 3. The number of nitrogens with zero attached hydrogens (tertiary/aromatic N) is 2. The van der Waals surface area contributed by atoms with Gasteiger partial charge in [0.2, 0.25) is 5.91 Å². The summed E-state index contributed by atoms with van der Waals surface area (Å²) in [6.45, 7) is -0.114. The third kappa shape index (κ3) is 4.40. The van der Waals surface area contributed by atoms with Gasteiger partial charge in [-0.1, -0.05) is 48.2 Å². The molecule has 1 N–H and O–H groups in total. The maximum Gasteiger partial charge on any atom is 0.261 e. The largest absolute Gasteiger partial charge is 0.324 e. The van der Waals surface area contributed by atoms with E-state index in [2.05, 4.69) is 22.1 Å². The molecule has 29 heavy (non-hydrogen) atoms. The number of aromatic nitrogens is 2. The number of para-hydroxylation sites is 1. The Morgan fingerprint density at radius 2 is 1.62 bits per heavy atom. The highest BCUT2D eigenvalue weighted by molar-refractivity contribution is 5.91. The minimum absolute atomic E-state index is 0.114. The van der Waals surface area contributed by atoms with Crippen molar-refractivity contribution < 1.29 is 4.79 Å². The Balaban J connectivity index is 1.49. The van der Waals surface area contributed by atoms with E-state index in [0.717, 1.165) is 11.1 Å². The summed E-state index contributed by atoms with van der Waals surface area (Å²) >= 11 is 0. The molecule has 0 radical (unpaired) electrons. The molecule has 1 heterocycles. The van der Waals surface area contributed by atoms with E-state index in [0.29, 0.717) is 16.6 Å². The van der Waals surface area contributed by atoms with Crippen LogP contribution in [0.25, 0.3) is 10.9 Å². The van der Waals surface area contributed by atoms with Crippen LogP contribution in [0.4, 0.5) is 5.69 Å². The zero-order valence-corrected chi connectivity index (χ0v) is 15.5. The highest BCUT2D eigenvalue weighted by Gasteiger charge is 2.08. The predicted molar refractivity (Wildman–Crippen MR) is 113 cm³/mol. The number of nitrogens with one attached hydrogen (secondary N) is 1. The molecule has 5 heteroatoms. The standard InChI is InChI=1S/C24H17N3O2/c28-23(16-27-17-25-22-12-5-4-11-21(22)24(27)29)26-20-10-6-9-19(15-20)14-13-18-7-2-1-3-8-18/h1-12,15,17H,16H2,(H,26,28). The fraction of sp³-hybridized carbons (Fsp3) is 0.0417. The third-order valence-corrected chi connectivity index (χ3v) is 4.32. The van der Waals surface area contributed by atoms with Gasteiger partial charge in [0.25, 0.3) is 5.56 Å². The quantitative estimate of drug-likeness (QED) is 0.555. The van der Waals surface area contributed by atoms with Crippen molar-refractivity contribution in [3.63, 3.8) is 0 Å². The fourth-order valence-electron chi connectivity index (χ4n) is 2.91. The third-order valence-electron chi connectivity index (χ3n) is 4.32. The highest BCUT2D eigenvalue weighted by atomic mass is 16.2. The molecule has 0 bridgehead atoms. The average Bonchev–Trinajstić information content (AvgIpc) is 2.75. The number of amides is 1. The molecule has 0 saturated heterocycles. The van der Waals surface area contributed by atoms with E-state index in [-0.39, 0.29) is 18.0 Å². The minimum atomic E-state index is -0.308. The fourth-order valence-corrected chi connectivity index (χ4v) is 2.91. The summed E-state index contributed by atoms with van der Waals surface area (Å²) in [5.74, 6) is 5.87. The van der Waals surface area contributed by atoms with Crippen molar-refractivity contribution in [1.82, 2.24) is 9.55 Å². The maximum atomic E-state index is 12.5. The second-order valence-electron chi connectivity index (χ2n) is 6.44. The molecule has 0 spiro atoms. The number of rotatable bonds is 3. The summed E-state index contributed by atoms with van der Waals surface area (Å²) in [4.78, 5) is 29.2. The number of hydrogen-bond donors (Lipinski definition) is 1. The molecule has 0 unspecified atom stereocenters. The van der Waals surface area contributed by atoms with Crippen molar-refractivity contribution in [2.75, 3.05) is 5.32 Å². The lowest BCUT2D eigenvalue weighted by Crippen LogP contribution is -2.27. The summed E-state index contributed by atoms with van der Waals surface area (Å²) < 4.78 is 1.30. The van der Waals surface area contributed by atoms with Crippen LogP contribution in [0.1, 0.15) is 11.1 Å². The Kier molecular flexibility index (Phi) is 5.17. The van der Waals surface area contributed by atoms with Crippen LogP contribution in [0.5, 0.6) is 0 Å². The van der Waals surface area contributed by atoms with E-state index < -0.39 is 0 Å². The topological polar surface area (TPSA) is 64.0 Å². The van der Waals surface area contributed by atoms with Crippen molar-refractivity contribution in [3.8, 4) is 11.8 Å². The van der Waals surface area contributed by atoms with Crippen LogP contribution in [-0.4, -0.2) is 15.5 Å². The van der Waals surface area contributed by atoms with Gasteiger partial charge in [-0.2, -0.15) is 0 Å². The molecule has 0 aliphatic rings. The van der Waals surface area contributed by atoms with Crippen LogP contribution in [-0.2, 0) is 11.3 Å². The average molecular weight is 379 g/mol. The smallest absolute Gasteiger partial charge is 0.261 e. The van der Waals surface area contributed by atoms with Crippen LogP contribution < -0.4 is 10.9 Å². The van der Waals surface area contributed by atoms with Gasteiger partial charge in [0.1, 0.15) is 6.54 Å². The van der Waals surface area contributed by atoms with Gasteiger partial charge in [-0.3, -0.25) is 14.2 Å². The zero-order chi connectivity index (χ0) is 20.1. The van der Waals surface area contributed by atoms with Crippen molar-refractivity contribution in [2.24, 2.45) is 0 Å². The summed E-state index contributed by atoms with van der Waals surface area (Å²) in [6, 6.07) is 24.0. The number of fused-ring (bicyclic) bond motifs is 1. The summed E-state index contributed by atoms with van der Waals surface area (Å²) in [5, 5.41) is 3.30. The molecule has 0 aliphatic heterocycles. The second-order valence-corrected chi connectivity index (χ2v) is 6.44. The van der Waals surface area contributed by atoms with Gasteiger partial charge in [-0.15, -0.1) is 0 Å². The van der Waals surface area contributed by atoms with Crippen molar-refractivity contribution in [1.29, 1.82) is 0 Å². The Hall–Kier alpha value is -4.17. The molecule has 140 valence electrons. The Morgan fingerprint density at radius 1 is 0.897 bits per heavy atom. The van der Waals surface area contributed by atoms with E-state index in [1.54, 1.807) is 30.3 Å². The lowest BCUT2D eigenvalue weighted by molar-refractivity contribution is -0.116. The number of carbonyl (C=O) groups excluding carboxylic acids is 1. The monoisotopic (exact) mass is 379 g/mol. The first kappa shape index (κ1) is 18.2. The first-order chi connectivity index (χ1) is 14.2. The van der Waals surface area contributed by atoms with Crippen molar-refractivity contribution in [3.05, 3.63) is 107 Å². The molecule has 4 aromatic rings. The van der Waals surface area contributed by atoms with Gasteiger partial charge in [0.15, 0.2) is 0 Å². The first-order valence-electron chi connectivity index (χ1n) is 9.10. The molecule has 0 aliphatic carbocycles. The predicted octanol–water partition coefficient (Wildman–Crippen LogP) is 3.44. The molecule has 4 rings (SSSR count). The maximum absolute atomic E-state index is 12.5. The molecule has 5 nitrogen and oxygen atoms in total. The Labute approximate surface area is 167 Å². The van der Waals surface area contributed by atoms with E-state index in [1.165, 1.54) is 10.9 Å². The molecule has 3 aromatic carbocycles. The molecule has 1 amide bonds. The molecule has 1 aromatic heterocycles. The van der Waals surface area contributed by atoms with Gasteiger partial charge in [0.05, 0.1) is 17.2 Å². The van der Waals surface area contributed by atoms with Gasteiger partial charge in [-0.25, -0.2) is 4.98 Å². The van der Waals surface area contributed by atoms with Crippen LogP contribution >= 0.6 is 0 Å². The molecular weight excluding hydrogens is 362 g/mol. The second kappa shape index (κ2) is 8.24. The molecule has 0 saturated carbocycles. The van der Waals surface area contributed by atoms with E-state index in [9.17, 15) is 9.59 Å². The SMILES string of the molecule is O=C(Cn1cnc2ccccc2c1=O)Nc1cccc(C#Cc2ccccc2)c1. The van der Waals surface area contributed by atoms with Crippen LogP contribution in [0.3, 0.4) is 0 Å². The minimum Gasteiger partial charge on any atom is -0.324 e. The Bertz CT molecular complexity index is 1300. The van der Waals surface area contributed by atoms with E-state index in [1.807, 2.05) is 48.5 Å². The molecular formula is C24H17N3O2. The lowest BCUT2D eigenvalue weighted by atomic mass is 10.1. The summed E-state index contributed by atoms with van der Waals surface area (Å²) in [7, 11) is 0. The van der Waals surface area contributed by atoms with Crippen molar-refractivity contribution in [2.45, 2.75) is 6.54 Å². The number of benzene rings is 3. The van der Waals surface area contributed by atoms with Gasteiger partial charge < -0.3 is 5.32 Å².